The average molecular weight is 151 g/mol. The van der Waals surface area contributed by atoms with Crippen LogP contribution in [0.2, 0.25) is 0 Å². The fourth-order valence-electron chi connectivity index (χ4n) is 1.40. The summed E-state index contributed by atoms with van der Waals surface area (Å²) in [4.78, 5) is 0. The molecule has 1 aliphatic carbocycles. The monoisotopic (exact) mass is 151 g/mol. The van der Waals surface area contributed by atoms with Crippen LogP contribution in [0.5, 0.6) is 0 Å². The zero-order chi connectivity index (χ0) is 7.84. The molecule has 0 radical (unpaired) electrons. The fourth-order valence-corrected chi connectivity index (χ4v) is 1.40. The molecule has 0 aromatic carbocycles. The van der Waals surface area contributed by atoms with Gasteiger partial charge in [0.05, 0.1) is 11.4 Å². The topological polar surface area (TPSA) is 54.7 Å². The number of hydrogen-bond donors (Lipinski definition) is 2. The smallest absolute Gasteiger partial charge is 0.0685 e. The highest BCUT2D eigenvalue weighted by molar-refractivity contribution is 5.28. The maximum absolute atomic E-state index is 5.51. The Labute approximate surface area is 66.0 Å². The highest BCUT2D eigenvalue weighted by Crippen LogP contribution is 2.40. The van der Waals surface area contributed by atoms with Gasteiger partial charge in [-0.15, -0.1) is 0 Å². The van der Waals surface area contributed by atoms with Gasteiger partial charge in [0.2, 0.25) is 0 Å². The Morgan fingerprint density at radius 3 is 2.82 bits per heavy atom. The number of aromatic nitrogens is 2. The largest absolute Gasteiger partial charge is 0.325 e. The molecule has 0 aliphatic heterocycles. The van der Waals surface area contributed by atoms with E-state index in [2.05, 4.69) is 17.1 Å². The zero-order valence-electron chi connectivity index (χ0n) is 6.72. The van der Waals surface area contributed by atoms with Crippen LogP contribution in [-0.2, 0) is 6.54 Å². The van der Waals surface area contributed by atoms with Crippen LogP contribution in [0.3, 0.4) is 0 Å². The lowest BCUT2D eigenvalue weighted by molar-refractivity contribution is 0.918. The van der Waals surface area contributed by atoms with E-state index in [1.807, 2.05) is 0 Å². The van der Waals surface area contributed by atoms with E-state index in [9.17, 15) is 0 Å². The van der Waals surface area contributed by atoms with E-state index in [1.165, 1.54) is 24.1 Å². The molecule has 0 spiro atoms. The molecule has 0 saturated heterocycles. The Bertz CT molecular complexity index is 260. The van der Waals surface area contributed by atoms with E-state index in [0.717, 1.165) is 11.6 Å². The quantitative estimate of drug-likeness (QED) is 0.664. The summed E-state index contributed by atoms with van der Waals surface area (Å²) in [5, 5.41) is 7.21. The normalized spacial score (nSPS) is 17.3. The number of rotatable bonds is 2. The second kappa shape index (κ2) is 2.34. The summed E-state index contributed by atoms with van der Waals surface area (Å²) in [5.74, 6) is 0.728. The lowest BCUT2D eigenvalue weighted by atomic mass is 10.1. The molecule has 1 saturated carbocycles. The molecular formula is C8H13N3. The first-order valence-corrected chi connectivity index (χ1v) is 4.06. The van der Waals surface area contributed by atoms with Crippen molar-refractivity contribution in [2.24, 2.45) is 5.73 Å². The Balaban J connectivity index is 2.33. The van der Waals surface area contributed by atoms with Gasteiger partial charge in [0.25, 0.3) is 0 Å². The van der Waals surface area contributed by atoms with Crippen LogP contribution in [0.1, 0.15) is 35.7 Å². The second-order valence-electron chi connectivity index (χ2n) is 3.19. The molecule has 11 heavy (non-hydrogen) atoms. The van der Waals surface area contributed by atoms with Crippen molar-refractivity contribution in [1.82, 2.24) is 10.2 Å². The fraction of sp³-hybridized carbons (Fsp3) is 0.625. The van der Waals surface area contributed by atoms with Gasteiger partial charge in [-0.05, 0) is 25.3 Å². The number of nitrogens with two attached hydrogens (primary N) is 1. The van der Waals surface area contributed by atoms with Gasteiger partial charge in [-0.3, -0.25) is 5.10 Å². The number of aromatic amines is 1. The first-order chi connectivity index (χ1) is 5.33. The van der Waals surface area contributed by atoms with Crippen LogP contribution in [0.25, 0.3) is 0 Å². The molecule has 1 aromatic heterocycles. The van der Waals surface area contributed by atoms with Gasteiger partial charge >= 0.3 is 0 Å². The summed E-state index contributed by atoms with van der Waals surface area (Å²) in [7, 11) is 0. The van der Waals surface area contributed by atoms with Crippen molar-refractivity contribution in [2.75, 3.05) is 0 Å². The highest BCUT2D eigenvalue weighted by Gasteiger charge is 2.28. The third-order valence-corrected chi connectivity index (χ3v) is 2.32. The first kappa shape index (κ1) is 6.85. The molecule has 2 rings (SSSR count). The van der Waals surface area contributed by atoms with E-state index < -0.39 is 0 Å². The van der Waals surface area contributed by atoms with Crippen molar-refractivity contribution in [1.29, 1.82) is 0 Å². The summed E-state index contributed by atoms with van der Waals surface area (Å²) < 4.78 is 0. The third kappa shape index (κ3) is 1.05. The van der Waals surface area contributed by atoms with Crippen molar-refractivity contribution < 1.29 is 0 Å². The molecule has 1 heterocycles. The van der Waals surface area contributed by atoms with Gasteiger partial charge in [-0.1, -0.05) is 0 Å². The minimum absolute atomic E-state index is 0.575. The van der Waals surface area contributed by atoms with Crippen LogP contribution >= 0.6 is 0 Å². The lowest BCUT2D eigenvalue weighted by Crippen LogP contribution is -1.98. The van der Waals surface area contributed by atoms with Gasteiger partial charge in [-0.2, -0.15) is 5.10 Å². The number of H-pyrrole nitrogens is 1. The van der Waals surface area contributed by atoms with E-state index >= 15 is 0 Å². The van der Waals surface area contributed by atoms with Crippen molar-refractivity contribution in [2.45, 2.75) is 32.2 Å². The van der Waals surface area contributed by atoms with Crippen LogP contribution in [0, 0.1) is 6.92 Å². The minimum atomic E-state index is 0.575. The Morgan fingerprint density at radius 1 is 1.64 bits per heavy atom. The Kier molecular flexibility index (Phi) is 1.46. The molecule has 3 nitrogen and oxygen atoms in total. The molecule has 1 aliphatic rings. The molecule has 0 amide bonds. The van der Waals surface area contributed by atoms with Crippen molar-refractivity contribution in [3.63, 3.8) is 0 Å². The molecular weight excluding hydrogens is 138 g/mol. The van der Waals surface area contributed by atoms with Crippen LogP contribution in [-0.4, -0.2) is 10.2 Å². The summed E-state index contributed by atoms with van der Waals surface area (Å²) in [6, 6.07) is 0. The highest BCUT2D eigenvalue weighted by atomic mass is 15.1. The summed E-state index contributed by atoms with van der Waals surface area (Å²) in [6.07, 6.45) is 2.60. The average Bonchev–Trinajstić information content (AvgIpc) is 2.77. The summed E-state index contributed by atoms with van der Waals surface area (Å²) >= 11 is 0. The van der Waals surface area contributed by atoms with Gasteiger partial charge in [0.15, 0.2) is 0 Å². The predicted molar refractivity (Wildman–Crippen MR) is 43.2 cm³/mol. The summed E-state index contributed by atoms with van der Waals surface area (Å²) in [6.45, 7) is 2.67. The molecule has 3 N–H and O–H groups in total. The number of nitrogens with zero attached hydrogens (tertiary/aromatic N) is 1. The van der Waals surface area contributed by atoms with E-state index in [4.69, 9.17) is 5.73 Å². The van der Waals surface area contributed by atoms with Gasteiger partial charge in [0, 0.05) is 12.5 Å². The van der Waals surface area contributed by atoms with Gasteiger partial charge in [0.1, 0.15) is 0 Å². The minimum Gasteiger partial charge on any atom is -0.325 e. The van der Waals surface area contributed by atoms with Crippen LogP contribution in [0.15, 0.2) is 0 Å². The SMILES string of the molecule is Cc1c(C2CC2)n[nH]c1CN. The maximum Gasteiger partial charge on any atom is 0.0685 e. The van der Waals surface area contributed by atoms with Gasteiger partial charge < -0.3 is 5.73 Å². The summed E-state index contributed by atoms with van der Waals surface area (Å²) in [5.41, 5.74) is 9.12. The van der Waals surface area contributed by atoms with Gasteiger partial charge in [-0.25, -0.2) is 0 Å². The Hall–Kier alpha value is -0.830. The van der Waals surface area contributed by atoms with Crippen LogP contribution < -0.4 is 5.73 Å². The zero-order valence-corrected chi connectivity index (χ0v) is 6.72. The molecule has 0 unspecified atom stereocenters. The number of hydrogen-bond acceptors (Lipinski definition) is 2. The molecule has 0 atom stereocenters. The molecule has 60 valence electrons. The first-order valence-electron chi connectivity index (χ1n) is 4.06. The molecule has 3 heteroatoms. The van der Waals surface area contributed by atoms with Crippen molar-refractivity contribution in [3.05, 3.63) is 17.0 Å². The second-order valence-corrected chi connectivity index (χ2v) is 3.19. The Morgan fingerprint density at radius 2 is 2.36 bits per heavy atom. The molecule has 1 fully saturated rings. The van der Waals surface area contributed by atoms with E-state index in [1.54, 1.807) is 0 Å². The van der Waals surface area contributed by atoms with E-state index in [-0.39, 0.29) is 0 Å². The molecule has 1 aromatic rings. The molecule has 0 bridgehead atoms. The van der Waals surface area contributed by atoms with Crippen LogP contribution in [0.4, 0.5) is 0 Å². The van der Waals surface area contributed by atoms with Crippen molar-refractivity contribution in [3.8, 4) is 0 Å². The standard InChI is InChI=1S/C8H13N3/c1-5-7(4-9)10-11-8(5)6-2-3-6/h6H,2-4,9H2,1H3,(H,10,11). The number of nitrogens with one attached hydrogen (secondary N) is 1. The predicted octanol–water partition coefficient (Wildman–Crippen LogP) is 1.05. The van der Waals surface area contributed by atoms with E-state index in [0.29, 0.717) is 6.54 Å². The third-order valence-electron chi connectivity index (χ3n) is 2.32. The maximum atomic E-state index is 5.51. The van der Waals surface area contributed by atoms with Crippen molar-refractivity contribution >= 4 is 0 Å². The lowest BCUT2D eigenvalue weighted by Gasteiger charge is -1.93.